The van der Waals surface area contributed by atoms with Gasteiger partial charge in [0.2, 0.25) is 0 Å². The van der Waals surface area contributed by atoms with E-state index in [2.05, 4.69) is 0 Å². The smallest absolute Gasteiger partial charge is 0.327 e. The third-order valence-corrected chi connectivity index (χ3v) is 3.85. The molecule has 0 aromatic heterocycles. The van der Waals surface area contributed by atoms with Gasteiger partial charge in [-0.25, -0.2) is 0 Å². The lowest BCUT2D eigenvalue weighted by Gasteiger charge is -2.40. The summed E-state index contributed by atoms with van der Waals surface area (Å²) in [6, 6.07) is 0. The fourth-order valence-corrected chi connectivity index (χ4v) is 2.65. The fraction of sp³-hybridized carbons (Fsp3) is 0.571. The van der Waals surface area contributed by atoms with Crippen LogP contribution in [0.25, 0.3) is 0 Å². The molecule has 0 amide bonds. The molecule has 7 heteroatoms. The van der Waals surface area contributed by atoms with E-state index in [0.29, 0.717) is 0 Å². The number of Topliss-reactive ketones (excluding diaryl/α,β-unsaturated/α-hetero) is 1. The molecule has 1 aliphatic carbocycles. The lowest BCUT2D eigenvalue weighted by Crippen LogP contribution is -2.51. The number of rotatable bonds is 5. The largest absolute Gasteiger partial charge is 0.481 e. The van der Waals surface area contributed by atoms with Gasteiger partial charge in [-0.3, -0.25) is 19.2 Å². The molecule has 7 nitrogen and oxygen atoms in total. The molecule has 2 N–H and O–H groups in total. The molecule has 1 aliphatic rings. The topological polar surface area (TPSA) is 118 Å². The van der Waals surface area contributed by atoms with Crippen molar-refractivity contribution >= 4 is 23.7 Å². The molecule has 3 unspecified atom stereocenters. The highest BCUT2D eigenvalue weighted by Crippen LogP contribution is 2.47. The third kappa shape index (κ3) is 2.68. The minimum Gasteiger partial charge on any atom is -0.481 e. The van der Waals surface area contributed by atoms with E-state index < -0.39 is 46.9 Å². The quantitative estimate of drug-likeness (QED) is 0.439. The van der Waals surface area contributed by atoms with Gasteiger partial charge in [0.1, 0.15) is 5.78 Å². The van der Waals surface area contributed by atoms with Crippen LogP contribution in [0.4, 0.5) is 0 Å². The van der Waals surface area contributed by atoms with Gasteiger partial charge in [0.05, 0.1) is 17.9 Å². The van der Waals surface area contributed by atoms with Crippen LogP contribution in [-0.4, -0.2) is 40.5 Å². The number of aliphatic carboxylic acids is 2. The first-order valence-electron chi connectivity index (χ1n) is 6.45. The van der Waals surface area contributed by atoms with Gasteiger partial charge in [-0.05, 0) is 27.2 Å². The van der Waals surface area contributed by atoms with Crippen molar-refractivity contribution in [2.45, 2.75) is 27.2 Å². The second-order valence-electron chi connectivity index (χ2n) is 5.34. The highest BCUT2D eigenvalue weighted by atomic mass is 16.5. The summed E-state index contributed by atoms with van der Waals surface area (Å²) >= 11 is 0. The van der Waals surface area contributed by atoms with Crippen LogP contribution >= 0.6 is 0 Å². The van der Waals surface area contributed by atoms with Crippen LogP contribution in [0.3, 0.4) is 0 Å². The molecule has 0 aromatic rings. The van der Waals surface area contributed by atoms with Crippen LogP contribution < -0.4 is 0 Å². The zero-order valence-corrected chi connectivity index (χ0v) is 12.1. The first-order chi connectivity index (χ1) is 9.61. The van der Waals surface area contributed by atoms with Crippen LogP contribution in [0, 0.1) is 16.7 Å². The zero-order chi connectivity index (χ0) is 16.4. The van der Waals surface area contributed by atoms with Crippen LogP contribution in [0.1, 0.15) is 27.2 Å². The van der Waals surface area contributed by atoms with Gasteiger partial charge in [-0.1, -0.05) is 12.2 Å². The van der Waals surface area contributed by atoms with Gasteiger partial charge >= 0.3 is 17.9 Å². The maximum Gasteiger partial charge on any atom is 0.327 e. The molecule has 0 radical (unpaired) electrons. The molecule has 21 heavy (non-hydrogen) atoms. The lowest BCUT2D eigenvalue weighted by atomic mass is 9.60. The number of carboxylic acid groups (broad SMARTS) is 2. The summed E-state index contributed by atoms with van der Waals surface area (Å²) in [5.74, 6) is -5.24. The van der Waals surface area contributed by atoms with Crippen molar-refractivity contribution in [1.29, 1.82) is 0 Å². The molecule has 1 rings (SSSR count). The number of allylic oxidation sites excluding steroid dienone is 1. The molecule has 3 atom stereocenters. The third-order valence-electron chi connectivity index (χ3n) is 3.85. The monoisotopic (exact) mass is 298 g/mol. The number of hydrogen-bond donors (Lipinski definition) is 2. The molecule has 0 fully saturated rings. The molecular weight excluding hydrogens is 280 g/mol. The van der Waals surface area contributed by atoms with Gasteiger partial charge in [-0.15, -0.1) is 0 Å². The van der Waals surface area contributed by atoms with Crippen molar-refractivity contribution in [2.75, 3.05) is 6.61 Å². The SMILES string of the molecule is CCOC(=O)C1(C(=O)O)C=CC(C(C)=O)C(C)(C(=O)O)C1. The van der Waals surface area contributed by atoms with Crippen LogP contribution in [-0.2, 0) is 23.9 Å². The predicted molar refractivity (Wildman–Crippen MR) is 70.4 cm³/mol. The maximum absolute atomic E-state index is 12.0. The number of ketones is 1. The molecule has 0 heterocycles. The van der Waals surface area contributed by atoms with E-state index in [1.165, 1.54) is 26.8 Å². The molecule has 0 spiro atoms. The minimum atomic E-state index is -2.09. The second kappa shape index (κ2) is 5.67. The van der Waals surface area contributed by atoms with E-state index >= 15 is 0 Å². The standard InChI is InChI=1S/C14H18O7/c1-4-21-12(20)14(11(18)19)6-5-9(8(2)15)13(3,7-14)10(16)17/h5-6,9H,4,7H2,1-3H3,(H,16,17)(H,18,19). The van der Waals surface area contributed by atoms with Gasteiger partial charge in [0.15, 0.2) is 5.41 Å². The number of carbonyl (C=O) groups is 4. The summed E-state index contributed by atoms with van der Waals surface area (Å²) < 4.78 is 4.77. The summed E-state index contributed by atoms with van der Waals surface area (Å²) in [7, 11) is 0. The van der Waals surface area contributed by atoms with Crippen molar-refractivity contribution in [2.24, 2.45) is 16.7 Å². The van der Waals surface area contributed by atoms with E-state index in [0.717, 1.165) is 6.08 Å². The molecule has 0 aromatic carbocycles. The Hall–Kier alpha value is -2.18. The Balaban J connectivity index is 3.43. The minimum absolute atomic E-state index is 0.0262. The second-order valence-corrected chi connectivity index (χ2v) is 5.34. The molecule has 0 bridgehead atoms. The summed E-state index contributed by atoms with van der Waals surface area (Å²) in [6.07, 6.45) is 1.72. The van der Waals surface area contributed by atoms with Crippen molar-refractivity contribution in [3.05, 3.63) is 12.2 Å². The predicted octanol–water partition coefficient (Wildman–Crippen LogP) is 0.876. The molecule has 0 saturated heterocycles. The molecule has 116 valence electrons. The van der Waals surface area contributed by atoms with Gasteiger partial charge in [0.25, 0.3) is 0 Å². The molecule has 0 aliphatic heterocycles. The van der Waals surface area contributed by atoms with Gasteiger partial charge < -0.3 is 14.9 Å². The van der Waals surface area contributed by atoms with Crippen molar-refractivity contribution in [3.63, 3.8) is 0 Å². The number of esters is 1. The molecule has 0 saturated carbocycles. The summed E-state index contributed by atoms with van der Waals surface area (Å²) in [6.45, 7) is 3.99. The average molecular weight is 298 g/mol. The van der Waals surface area contributed by atoms with Gasteiger partial charge in [-0.2, -0.15) is 0 Å². The highest BCUT2D eigenvalue weighted by Gasteiger charge is 2.58. The Labute approximate surface area is 121 Å². The Kier molecular flexibility index (Phi) is 4.56. The van der Waals surface area contributed by atoms with E-state index in [1.807, 2.05) is 0 Å². The van der Waals surface area contributed by atoms with E-state index in [4.69, 9.17) is 4.74 Å². The fourth-order valence-electron chi connectivity index (χ4n) is 2.65. The molecular formula is C14H18O7. The number of carboxylic acids is 2. The normalized spacial score (nSPS) is 31.5. The summed E-state index contributed by atoms with van der Waals surface area (Å²) in [5.41, 5.74) is -3.78. The zero-order valence-electron chi connectivity index (χ0n) is 12.1. The lowest BCUT2D eigenvalue weighted by molar-refractivity contribution is -0.172. The van der Waals surface area contributed by atoms with E-state index in [1.54, 1.807) is 0 Å². The summed E-state index contributed by atoms with van der Waals surface area (Å²) in [4.78, 5) is 46.7. The first kappa shape index (κ1) is 16.9. The summed E-state index contributed by atoms with van der Waals surface area (Å²) in [5, 5.41) is 18.8. The number of hydrogen-bond acceptors (Lipinski definition) is 5. The van der Waals surface area contributed by atoms with Gasteiger partial charge in [0, 0.05) is 0 Å². The van der Waals surface area contributed by atoms with Crippen LogP contribution in [0.5, 0.6) is 0 Å². The van der Waals surface area contributed by atoms with Crippen molar-refractivity contribution < 1.29 is 34.1 Å². The maximum atomic E-state index is 12.0. The Morgan fingerprint density at radius 1 is 1.24 bits per heavy atom. The average Bonchev–Trinajstić information content (AvgIpc) is 2.37. The Morgan fingerprint density at radius 2 is 1.81 bits per heavy atom. The van der Waals surface area contributed by atoms with Crippen molar-refractivity contribution in [3.8, 4) is 0 Å². The van der Waals surface area contributed by atoms with E-state index in [9.17, 15) is 29.4 Å². The Morgan fingerprint density at radius 3 is 2.19 bits per heavy atom. The number of ether oxygens (including phenoxy) is 1. The first-order valence-corrected chi connectivity index (χ1v) is 6.45. The highest BCUT2D eigenvalue weighted by molar-refractivity contribution is 6.03. The van der Waals surface area contributed by atoms with Crippen LogP contribution in [0.15, 0.2) is 12.2 Å². The van der Waals surface area contributed by atoms with E-state index in [-0.39, 0.29) is 6.61 Å². The Bertz CT molecular complexity index is 521. The van der Waals surface area contributed by atoms with Crippen LogP contribution in [0.2, 0.25) is 0 Å². The van der Waals surface area contributed by atoms with Crippen molar-refractivity contribution in [1.82, 2.24) is 0 Å². The number of carbonyl (C=O) groups excluding carboxylic acids is 2.